The molecule has 0 bridgehead atoms. The molecule has 0 spiro atoms. The third-order valence-corrected chi connectivity index (χ3v) is 2.30. The topological polar surface area (TPSA) is 32.3 Å². The molecule has 0 aromatic heterocycles. The van der Waals surface area contributed by atoms with Gasteiger partial charge in [0.2, 0.25) is 0 Å². The highest BCUT2D eigenvalue weighted by Crippen LogP contribution is 2.11. The van der Waals surface area contributed by atoms with Crippen LogP contribution in [0.2, 0.25) is 0 Å². The average Bonchev–Trinajstić information content (AvgIpc) is 2.15. The van der Waals surface area contributed by atoms with Crippen LogP contribution in [0.5, 0.6) is 0 Å². The summed E-state index contributed by atoms with van der Waals surface area (Å²) in [6, 6.07) is 0.277. The van der Waals surface area contributed by atoms with Gasteiger partial charge in [-0.3, -0.25) is 0 Å². The third kappa shape index (κ3) is 2.84. The molecule has 1 heterocycles. The second-order valence-electron chi connectivity index (χ2n) is 3.25. The summed E-state index contributed by atoms with van der Waals surface area (Å²) >= 11 is 0. The Hall–Kier alpha value is -0.520. The monoisotopic (exact) mass is 167 g/mol. The Morgan fingerprint density at radius 1 is 1.58 bits per heavy atom. The number of hydrogen-bond acceptors (Lipinski definition) is 2. The minimum absolute atomic E-state index is 0.277. The molecule has 2 N–H and O–H groups in total. The molecule has 2 atom stereocenters. The summed E-state index contributed by atoms with van der Waals surface area (Å²) in [5, 5.41) is 13.0. The number of aliphatic hydroxyl groups excluding tert-OH is 1. The van der Waals surface area contributed by atoms with Crippen LogP contribution in [-0.4, -0.2) is 23.8 Å². The van der Waals surface area contributed by atoms with Gasteiger partial charge in [-0.2, -0.15) is 0 Å². The Morgan fingerprint density at radius 2 is 2.42 bits per heavy atom. The van der Waals surface area contributed by atoms with E-state index in [0.29, 0.717) is 6.42 Å². The van der Waals surface area contributed by atoms with Crippen LogP contribution >= 0.6 is 0 Å². The summed E-state index contributed by atoms with van der Waals surface area (Å²) in [7, 11) is 0. The Bertz CT molecular complexity index is 174. The maximum atomic E-state index is 9.64. The fraction of sp³-hybridized carbons (Fsp3) is 0.800. The van der Waals surface area contributed by atoms with Crippen molar-refractivity contribution in [3.8, 4) is 11.8 Å². The highest BCUT2D eigenvalue weighted by Gasteiger charge is 2.19. The van der Waals surface area contributed by atoms with Gasteiger partial charge in [0.1, 0.15) is 0 Å². The van der Waals surface area contributed by atoms with E-state index in [9.17, 15) is 5.11 Å². The van der Waals surface area contributed by atoms with Crippen LogP contribution in [-0.2, 0) is 0 Å². The molecular weight excluding hydrogens is 150 g/mol. The molecule has 0 aliphatic carbocycles. The Morgan fingerprint density at radius 3 is 3.00 bits per heavy atom. The lowest BCUT2D eigenvalue weighted by Crippen LogP contribution is -2.42. The van der Waals surface area contributed by atoms with E-state index in [-0.39, 0.29) is 12.1 Å². The van der Waals surface area contributed by atoms with Gasteiger partial charge in [-0.25, -0.2) is 0 Å². The second kappa shape index (κ2) is 5.18. The van der Waals surface area contributed by atoms with Gasteiger partial charge in [0.25, 0.3) is 0 Å². The standard InChI is InChI=1S/C10H17NO/c1-2-3-7-10(12)9-6-4-5-8-11-9/h9-12H,4-8H2,1H3. The highest BCUT2D eigenvalue weighted by atomic mass is 16.3. The summed E-state index contributed by atoms with van der Waals surface area (Å²) in [5.74, 6) is 5.71. The van der Waals surface area contributed by atoms with E-state index in [1.807, 2.05) is 0 Å². The summed E-state index contributed by atoms with van der Waals surface area (Å²) in [4.78, 5) is 0. The molecule has 1 fully saturated rings. The lowest BCUT2D eigenvalue weighted by molar-refractivity contribution is 0.117. The summed E-state index contributed by atoms with van der Waals surface area (Å²) in [6.07, 6.45) is 3.88. The molecule has 0 aromatic carbocycles. The lowest BCUT2D eigenvalue weighted by atomic mass is 9.98. The predicted molar refractivity (Wildman–Crippen MR) is 49.7 cm³/mol. The second-order valence-corrected chi connectivity index (χ2v) is 3.25. The number of rotatable bonds is 2. The van der Waals surface area contributed by atoms with E-state index < -0.39 is 0 Å². The predicted octanol–water partition coefficient (Wildman–Crippen LogP) is 0.903. The maximum Gasteiger partial charge on any atom is 0.0802 e. The lowest BCUT2D eigenvalue weighted by Gasteiger charge is -2.26. The fourth-order valence-corrected chi connectivity index (χ4v) is 1.56. The van der Waals surface area contributed by atoms with Crippen LogP contribution in [0.25, 0.3) is 0 Å². The van der Waals surface area contributed by atoms with Crippen LogP contribution < -0.4 is 5.32 Å². The van der Waals surface area contributed by atoms with Gasteiger partial charge < -0.3 is 10.4 Å². The molecule has 0 aromatic rings. The van der Waals surface area contributed by atoms with Crippen LogP contribution in [0.1, 0.15) is 32.6 Å². The minimum atomic E-state index is -0.280. The zero-order chi connectivity index (χ0) is 8.81. The summed E-state index contributed by atoms with van der Waals surface area (Å²) < 4.78 is 0. The van der Waals surface area contributed by atoms with E-state index in [0.717, 1.165) is 13.0 Å². The number of nitrogens with one attached hydrogen (secondary N) is 1. The van der Waals surface area contributed by atoms with Crippen molar-refractivity contribution in [1.82, 2.24) is 5.32 Å². The van der Waals surface area contributed by atoms with Crippen molar-refractivity contribution >= 4 is 0 Å². The minimum Gasteiger partial charge on any atom is -0.391 e. The van der Waals surface area contributed by atoms with E-state index in [1.54, 1.807) is 6.92 Å². The van der Waals surface area contributed by atoms with E-state index >= 15 is 0 Å². The van der Waals surface area contributed by atoms with Crippen molar-refractivity contribution in [2.24, 2.45) is 0 Å². The van der Waals surface area contributed by atoms with E-state index in [4.69, 9.17) is 0 Å². The molecule has 2 nitrogen and oxygen atoms in total. The molecule has 2 unspecified atom stereocenters. The Labute approximate surface area is 74.4 Å². The molecule has 0 saturated carbocycles. The SMILES string of the molecule is CC#CCC(O)C1CCCCN1. The highest BCUT2D eigenvalue weighted by molar-refractivity contribution is 4.98. The first-order chi connectivity index (χ1) is 5.84. The molecule has 2 heteroatoms. The normalized spacial score (nSPS) is 25.7. The molecular formula is C10H17NO. The maximum absolute atomic E-state index is 9.64. The molecule has 0 amide bonds. The first kappa shape index (κ1) is 9.57. The Kier molecular flexibility index (Phi) is 4.13. The van der Waals surface area contributed by atoms with Gasteiger partial charge in [0, 0.05) is 12.5 Å². The zero-order valence-electron chi connectivity index (χ0n) is 7.64. The smallest absolute Gasteiger partial charge is 0.0802 e. The molecule has 68 valence electrons. The van der Waals surface area contributed by atoms with Crippen LogP contribution in [0.15, 0.2) is 0 Å². The summed E-state index contributed by atoms with van der Waals surface area (Å²) in [6.45, 7) is 2.85. The van der Waals surface area contributed by atoms with Crippen molar-refractivity contribution in [2.45, 2.75) is 44.8 Å². The van der Waals surface area contributed by atoms with Gasteiger partial charge in [0.15, 0.2) is 0 Å². The van der Waals surface area contributed by atoms with Gasteiger partial charge in [0.05, 0.1) is 6.10 Å². The van der Waals surface area contributed by atoms with Gasteiger partial charge >= 0.3 is 0 Å². The fourth-order valence-electron chi connectivity index (χ4n) is 1.56. The van der Waals surface area contributed by atoms with Crippen molar-refractivity contribution in [3.63, 3.8) is 0 Å². The van der Waals surface area contributed by atoms with Crippen molar-refractivity contribution in [2.75, 3.05) is 6.54 Å². The van der Waals surface area contributed by atoms with E-state index in [1.165, 1.54) is 12.8 Å². The average molecular weight is 167 g/mol. The molecule has 0 radical (unpaired) electrons. The first-order valence-corrected chi connectivity index (χ1v) is 4.65. The number of aliphatic hydroxyl groups is 1. The number of hydrogen-bond donors (Lipinski definition) is 2. The van der Waals surface area contributed by atoms with Crippen LogP contribution in [0.3, 0.4) is 0 Å². The molecule has 1 aliphatic rings. The van der Waals surface area contributed by atoms with Crippen molar-refractivity contribution in [3.05, 3.63) is 0 Å². The van der Waals surface area contributed by atoms with Gasteiger partial charge in [-0.05, 0) is 26.3 Å². The molecule has 1 rings (SSSR count). The largest absolute Gasteiger partial charge is 0.391 e. The van der Waals surface area contributed by atoms with Crippen LogP contribution in [0, 0.1) is 11.8 Å². The van der Waals surface area contributed by atoms with Crippen LogP contribution in [0.4, 0.5) is 0 Å². The molecule has 1 aliphatic heterocycles. The molecule has 1 saturated heterocycles. The van der Waals surface area contributed by atoms with Crippen molar-refractivity contribution in [1.29, 1.82) is 0 Å². The van der Waals surface area contributed by atoms with Crippen molar-refractivity contribution < 1.29 is 5.11 Å². The van der Waals surface area contributed by atoms with Gasteiger partial charge in [-0.1, -0.05) is 6.42 Å². The molecule has 12 heavy (non-hydrogen) atoms. The van der Waals surface area contributed by atoms with E-state index in [2.05, 4.69) is 17.2 Å². The summed E-state index contributed by atoms with van der Waals surface area (Å²) in [5.41, 5.74) is 0. The first-order valence-electron chi connectivity index (χ1n) is 4.65. The number of piperidine rings is 1. The zero-order valence-corrected chi connectivity index (χ0v) is 7.64. The van der Waals surface area contributed by atoms with Gasteiger partial charge in [-0.15, -0.1) is 11.8 Å². The Balaban J connectivity index is 2.27. The third-order valence-electron chi connectivity index (χ3n) is 2.30. The quantitative estimate of drug-likeness (QED) is 0.599.